The second-order valence-electron chi connectivity index (χ2n) is 6.36. The van der Waals surface area contributed by atoms with Crippen LogP contribution >= 0.6 is 0 Å². The van der Waals surface area contributed by atoms with E-state index >= 15 is 0 Å². The Hall–Kier alpha value is -3.69. The number of aryl methyl sites for hydroxylation is 2. The van der Waals surface area contributed by atoms with Gasteiger partial charge in [-0.2, -0.15) is 17.7 Å². The van der Waals surface area contributed by atoms with Crippen LogP contribution in [0.2, 0.25) is 0 Å². The molecule has 0 spiro atoms. The summed E-state index contributed by atoms with van der Waals surface area (Å²) in [5, 5.41) is 49.1. The molecule has 0 atom stereocenters. The maximum absolute atomic E-state index is 10.5. The molecular weight excluding hydrogens is 395 g/mol. The van der Waals surface area contributed by atoms with Gasteiger partial charge in [-0.1, -0.05) is 0 Å². The summed E-state index contributed by atoms with van der Waals surface area (Å²) in [6.07, 6.45) is -2.53. The summed E-state index contributed by atoms with van der Waals surface area (Å²) in [4.78, 5) is 8.78. The first-order chi connectivity index (χ1) is 13.5. The summed E-state index contributed by atoms with van der Waals surface area (Å²) < 4.78 is 33.6. The Bertz CT molecular complexity index is 1130. The fourth-order valence-corrected chi connectivity index (χ4v) is 3.04. The zero-order chi connectivity index (χ0) is 21.5. The van der Waals surface area contributed by atoms with Crippen molar-refractivity contribution in [1.29, 1.82) is 0 Å². The lowest BCUT2D eigenvalue weighted by Gasteiger charge is -2.16. The molecule has 29 heavy (non-hydrogen) atoms. The molecule has 0 unspecified atom stereocenters. The van der Waals surface area contributed by atoms with Crippen LogP contribution in [0.3, 0.4) is 0 Å². The number of hydrogen-bond donors (Lipinski definition) is 4. The van der Waals surface area contributed by atoms with E-state index in [0.717, 1.165) is 40.6 Å². The predicted octanol–water partition coefficient (Wildman–Crippen LogP) is 1.47. The topological polar surface area (TPSA) is 125 Å². The van der Waals surface area contributed by atoms with E-state index in [1.165, 1.54) is 12.1 Å². The fourth-order valence-electron chi connectivity index (χ4n) is 3.04. The molecule has 0 saturated carbocycles. The van der Waals surface area contributed by atoms with Crippen LogP contribution in [-0.4, -0.2) is 32.6 Å². The van der Waals surface area contributed by atoms with Crippen molar-refractivity contribution in [2.24, 2.45) is 0 Å². The molecule has 0 fully saturated rings. The lowest BCUT2D eigenvalue weighted by molar-refractivity contribution is -0.686. The molecule has 4 rings (SSSR count). The van der Waals surface area contributed by atoms with Gasteiger partial charge in [0.25, 0.3) is 0 Å². The van der Waals surface area contributed by atoms with E-state index in [-0.39, 0.29) is 23.0 Å². The van der Waals surface area contributed by atoms with E-state index < -0.39 is 12.1 Å². The molecule has 0 saturated heterocycles. The molecule has 0 radical (unpaired) electrons. The van der Waals surface area contributed by atoms with Gasteiger partial charge < -0.3 is 30.3 Å². The Balaban J connectivity index is 0.000000298. The first-order valence-corrected chi connectivity index (χ1v) is 8.20. The van der Waals surface area contributed by atoms with Crippen molar-refractivity contribution in [2.75, 3.05) is 0 Å². The Morgan fingerprint density at radius 2 is 1.41 bits per heavy atom. The first-order valence-electron chi connectivity index (χ1n) is 8.20. The minimum atomic E-state index is -5.19. The molecular formula is C19H14F3NO6. The van der Waals surface area contributed by atoms with Gasteiger partial charge in [0.1, 0.15) is 5.97 Å². The largest absolute Gasteiger partial charge is 0.542 e. The number of phenolic OH excluding ortho intramolecular Hbond substituents is 4. The molecule has 1 aliphatic rings. The first kappa shape index (κ1) is 20.1. The molecule has 4 N–H and O–H groups in total. The average Bonchev–Trinajstić information content (AvgIpc) is 2.62. The highest BCUT2D eigenvalue weighted by Gasteiger charge is 2.29. The molecule has 1 aliphatic heterocycles. The number of alkyl halides is 3. The smallest absolute Gasteiger partial charge is 0.430 e. The van der Waals surface area contributed by atoms with E-state index in [1.807, 2.05) is 16.8 Å². The molecule has 2 aromatic carbocycles. The lowest BCUT2D eigenvalue weighted by Crippen LogP contribution is -2.39. The van der Waals surface area contributed by atoms with Crippen LogP contribution in [0.15, 0.2) is 36.5 Å². The van der Waals surface area contributed by atoms with Crippen LogP contribution in [0.5, 0.6) is 23.0 Å². The van der Waals surface area contributed by atoms with Gasteiger partial charge >= 0.3 is 6.18 Å². The molecule has 7 nitrogen and oxygen atoms in total. The molecule has 0 aliphatic carbocycles. The lowest BCUT2D eigenvalue weighted by atomic mass is 9.95. The zero-order valence-corrected chi connectivity index (χ0v) is 14.6. The van der Waals surface area contributed by atoms with E-state index in [4.69, 9.17) is 9.90 Å². The van der Waals surface area contributed by atoms with Gasteiger partial charge in [0.05, 0.1) is 5.56 Å². The van der Waals surface area contributed by atoms with E-state index in [1.54, 1.807) is 12.1 Å². The second kappa shape index (κ2) is 7.04. The summed E-state index contributed by atoms with van der Waals surface area (Å²) in [6.45, 7) is 0.740. The number of carbonyl (C=O) groups is 1. The number of hydrogen-bond acceptors (Lipinski definition) is 6. The van der Waals surface area contributed by atoms with E-state index in [0.29, 0.717) is 0 Å². The van der Waals surface area contributed by atoms with Gasteiger partial charge in [-0.15, -0.1) is 0 Å². The number of carboxylic acid groups (broad SMARTS) is 1. The third-order valence-corrected chi connectivity index (χ3v) is 4.41. The van der Waals surface area contributed by atoms with Gasteiger partial charge in [0.2, 0.25) is 5.69 Å². The Kier molecular flexibility index (Phi) is 4.87. The summed E-state index contributed by atoms with van der Waals surface area (Å²) in [7, 11) is 0. The number of aromatic nitrogens is 1. The third-order valence-electron chi connectivity index (χ3n) is 4.41. The summed E-state index contributed by atoms with van der Waals surface area (Å²) >= 11 is 0. The second-order valence-corrected chi connectivity index (χ2v) is 6.36. The van der Waals surface area contributed by atoms with E-state index in [2.05, 4.69) is 0 Å². The minimum Gasteiger partial charge on any atom is -0.542 e. The number of fused-ring (bicyclic) bond motifs is 4. The summed E-state index contributed by atoms with van der Waals surface area (Å²) in [5.41, 5.74) is 2.72. The van der Waals surface area contributed by atoms with Crippen LogP contribution < -0.4 is 9.67 Å². The van der Waals surface area contributed by atoms with Crippen molar-refractivity contribution >= 4 is 16.7 Å². The highest BCUT2D eigenvalue weighted by molar-refractivity contribution is 5.87. The summed E-state index contributed by atoms with van der Waals surface area (Å²) in [6, 6.07) is 8.10. The van der Waals surface area contributed by atoms with Crippen LogP contribution in [0.4, 0.5) is 13.2 Å². The number of carboxylic acids is 1. The Morgan fingerprint density at radius 1 is 0.897 bits per heavy atom. The quantitative estimate of drug-likeness (QED) is 0.329. The molecule has 0 amide bonds. The van der Waals surface area contributed by atoms with Gasteiger partial charge in [-0.05, 0) is 35.2 Å². The zero-order valence-electron chi connectivity index (χ0n) is 14.6. The van der Waals surface area contributed by atoms with Crippen molar-refractivity contribution in [1.82, 2.24) is 0 Å². The molecule has 3 aromatic rings. The number of pyridine rings is 1. The van der Waals surface area contributed by atoms with Crippen molar-refractivity contribution in [3.05, 3.63) is 42.1 Å². The molecule has 152 valence electrons. The maximum Gasteiger partial charge on any atom is 0.430 e. The van der Waals surface area contributed by atoms with Crippen LogP contribution in [-0.2, 0) is 17.8 Å². The number of aromatic hydroxyl groups is 4. The van der Waals surface area contributed by atoms with Crippen LogP contribution in [0, 0.1) is 0 Å². The number of halogens is 3. The van der Waals surface area contributed by atoms with Crippen molar-refractivity contribution in [3.8, 4) is 34.3 Å². The van der Waals surface area contributed by atoms with Gasteiger partial charge in [-0.25, -0.2) is 0 Å². The number of aliphatic carboxylic acids is 1. The van der Waals surface area contributed by atoms with Crippen LogP contribution in [0.1, 0.15) is 5.56 Å². The predicted molar refractivity (Wildman–Crippen MR) is 91.0 cm³/mol. The molecule has 10 heteroatoms. The monoisotopic (exact) mass is 409 g/mol. The average molecular weight is 409 g/mol. The highest BCUT2D eigenvalue weighted by Crippen LogP contribution is 2.37. The number of phenols is 4. The number of carbonyl (C=O) groups excluding carboxylic acids is 1. The SMILES string of the molecule is O=C([O-])C(F)(F)F.Oc1cc2c(cc1O)-c1cc3cc(O)c(O)cc3c[n+]1CC2. The molecule has 1 aromatic heterocycles. The minimum absolute atomic E-state index is 0.115. The molecule has 0 bridgehead atoms. The standard InChI is InChI=1S/C17H13NO4.C2HF3O2/c19-14-4-9-1-2-18-8-11-6-16(21)15(20)5-10(11)3-13(18)12(9)7-17(14)22;3-2(4,5)1(6)7/h3-8H,1-2H2,(H3,19,20,21,22);(H,6,7). The molecule has 2 heterocycles. The van der Waals surface area contributed by atoms with Gasteiger partial charge in [0, 0.05) is 17.9 Å². The van der Waals surface area contributed by atoms with Crippen molar-refractivity contribution < 1.29 is 48.1 Å². The van der Waals surface area contributed by atoms with Gasteiger partial charge in [-0.3, -0.25) is 0 Å². The van der Waals surface area contributed by atoms with Gasteiger partial charge in [0.15, 0.2) is 35.7 Å². The van der Waals surface area contributed by atoms with Crippen molar-refractivity contribution in [3.63, 3.8) is 0 Å². The van der Waals surface area contributed by atoms with Crippen LogP contribution in [0.25, 0.3) is 22.0 Å². The van der Waals surface area contributed by atoms with Crippen molar-refractivity contribution in [2.45, 2.75) is 19.1 Å². The maximum atomic E-state index is 10.5. The van der Waals surface area contributed by atoms with E-state index in [9.17, 15) is 33.6 Å². The number of rotatable bonds is 0. The summed E-state index contributed by atoms with van der Waals surface area (Å²) in [5.74, 6) is -3.59. The third kappa shape index (κ3) is 3.96. The Labute approximate surface area is 161 Å². The number of nitrogens with zero attached hydrogens (tertiary/aromatic N) is 1. The Morgan fingerprint density at radius 3 is 2.00 bits per heavy atom. The number of benzene rings is 2. The fraction of sp³-hybridized carbons (Fsp3) is 0.158. The highest BCUT2D eigenvalue weighted by atomic mass is 19.4. The normalized spacial score (nSPS) is 12.5.